The van der Waals surface area contributed by atoms with E-state index in [0.717, 1.165) is 30.4 Å². The van der Waals surface area contributed by atoms with Gasteiger partial charge in [0.2, 0.25) is 0 Å². The third-order valence-corrected chi connectivity index (χ3v) is 7.11. The molecule has 1 aliphatic rings. The Bertz CT molecular complexity index is 1100. The normalized spacial score (nSPS) is 15.9. The molecule has 1 fully saturated rings. The number of amides is 1. The Balaban J connectivity index is 1.88. The summed E-state index contributed by atoms with van der Waals surface area (Å²) in [5, 5.41) is 3.37. The van der Waals surface area contributed by atoms with E-state index in [9.17, 15) is 4.79 Å². The summed E-state index contributed by atoms with van der Waals surface area (Å²) in [4.78, 5) is 17.6. The number of hydrogen-bond acceptors (Lipinski definition) is 5. The fourth-order valence-electron chi connectivity index (χ4n) is 2.81. The van der Waals surface area contributed by atoms with Crippen molar-refractivity contribution >= 4 is 73.1 Å². The summed E-state index contributed by atoms with van der Waals surface area (Å²) in [6, 6.07) is 7.67. The van der Waals surface area contributed by atoms with Crippen LogP contribution in [0.5, 0.6) is 11.5 Å². The number of aryl methyl sites for hydroxylation is 2. The van der Waals surface area contributed by atoms with Gasteiger partial charge in [0.05, 0.1) is 21.3 Å². The Morgan fingerprint density at radius 3 is 2.63 bits per heavy atom. The molecule has 3 rings (SSSR count). The predicted molar refractivity (Wildman–Crippen MR) is 134 cm³/mol. The van der Waals surface area contributed by atoms with Crippen molar-refractivity contribution in [1.29, 1.82) is 0 Å². The highest BCUT2D eigenvalue weighted by Gasteiger charge is 2.24. The lowest BCUT2D eigenvalue weighted by Gasteiger charge is -2.12. The fraction of sp³-hybridized carbons (Fsp3) is 0.182. The molecule has 2 aromatic rings. The zero-order valence-electron chi connectivity index (χ0n) is 16.5. The number of rotatable bonds is 5. The number of ether oxygens (including phenoxy) is 2. The van der Waals surface area contributed by atoms with Crippen molar-refractivity contribution in [2.24, 2.45) is 4.99 Å². The van der Waals surface area contributed by atoms with Crippen LogP contribution >= 0.6 is 50.3 Å². The Labute approximate surface area is 202 Å². The van der Waals surface area contributed by atoms with Crippen LogP contribution in [0.2, 0.25) is 0 Å². The van der Waals surface area contributed by atoms with Gasteiger partial charge in [-0.1, -0.05) is 21.9 Å². The van der Waals surface area contributed by atoms with E-state index in [0.29, 0.717) is 21.6 Å². The third kappa shape index (κ3) is 5.20. The van der Waals surface area contributed by atoms with Crippen LogP contribution in [0.15, 0.2) is 38.6 Å². The standard InChI is InChI=1S/C22H18BrIN2O3S/c1-5-6-29-20-16(24)9-14(10-17(20)28-4)11-18-21(27)26-22(30-18)25-15-7-12(2)19(23)13(3)8-15/h1,7-11H,6H2,2-4H3,(H,25,26,27)/b18-11-. The molecular formula is C22H18BrIN2O3S. The number of nitrogens with zero attached hydrogens (tertiary/aromatic N) is 1. The van der Waals surface area contributed by atoms with Crippen molar-refractivity contribution in [1.82, 2.24) is 5.32 Å². The molecule has 1 N–H and O–H groups in total. The van der Waals surface area contributed by atoms with E-state index in [2.05, 4.69) is 54.8 Å². The van der Waals surface area contributed by atoms with Crippen molar-refractivity contribution in [3.05, 3.63) is 53.9 Å². The van der Waals surface area contributed by atoms with Crippen LogP contribution in [0, 0.1) is 29.8 Å². The number of thioether (sulfide) groups is 1. The minimum absolute atomic E-state index is 0.153. The molecule has 1 heterocycles. The maximum Gasteiger partial charge on any atom is 0.264 e. The van der Waals surface area contributed by atoms with E-state index in [1.165, 1.54) is 11.8 Å². The second-order valence-corrected chi connectivity index (χ2v) is 9.39. The van der Waals surface area contributed by atoms with Crippen molar-refractivity contribution < 1.29 is 14.3 Å². The number of nitrogens with one attached hydrogen (secondary N) is 1. The SMILES string of the molecule is C#CCOc1c(I)cc(/C=C2\SC(=Nc3cc(C)c(Br)c(C)c3)NC2=O)cc1OC. The summed E-state index contributed by atoms with van der Waals surface area (Å²) in [5.74, 6) is 3.40. The van der Waals surface area contributed by atoms with Gasteiger partial charge in [0.1, 0.15) is 6.61 Å². The van der Waals surface area contributed by atoms with Crippen LogP contribution < -0.4 is 14.8 Å². The summed E-state index contributed by atoms with van der Waals surface area (Å²) in [7, 11) is 1.56. The molecule has 0 aromatic heterocycles. The monoisotopic (exact) mass is 596 g/mol. The van der Waals surface area contributed by atoms with Gasteiger partial charge in [0.25, 0.3) is 5.91 Å². The minimum Gasteiger partial charge on any atom is -0.493 e. The average Bonchev–Trinajstić information content (AvgIpc) is 3.03. The summed E-state index contributed by atoms with van der Waals surface area (Å²) in [6.45, 7) is 4.18. The van der Waals surface area contributed by atoms with Gasteiger partial charge < -0.3 is 14.8 Å². The fourth-order valence-corrected chi connectivity index (χ4v) is 4.67. The first-order chi connectivity index (χ1) is 14.3. The van der Waals surface area contributed by atoms with E-state index in [-0.39, 0.29) is 12.5 Å². The smallest absolute Gasteiger partial charge is 0.264 e. The third-order valence-electron chi connectivity index (χ3n) is 4.15. The summed E-state index contributed by atoms with van der Waals surface area (Å²) in [5.41, 5.74) is 3.79. The number of hydrogen-bond donors (Lipinski definition) is 1. The van der Waals surface area contributed by atoms with Crippen molar-refractivity contribution in [3.63, 3.8) is 0 Å². The molecular weight excluding hydrogens is 579 g/mol. The number of amidine groups is 1. The van der Waals surface area contributed by atoms with Crippen LogP contribution in [0.25, 0.3) is 6.08 Å². The second-order valence-electron chi connectivity index (χ2n) is 6.40. The van der Waals surface area contributed by atoms with Crippen LogP contribution in [0.4, 0.5) is 5.69 Å². The number of terminal acetylenes is 1. The zero-order valence-corrected chi connectivity index (χ0v) is 21.1. The molecule has 1 aliphatic heterocycles. The molecule has 8 heteroatoms. The van der Waals surface area contributed by atoms with Crippen LogP contribution in [0.3, 0.4) is 0 Å². The lowest BCUT2D eigenvalue weighted by Crippen LogP contribution is -2.19. The molecule has 0 saturated carbocycles. The van der Waals surface area contributed by atoms with Crippen LogP contribution in [-0.4, -0.2) is 24.8 Å². The molecule has 30 heavy (non-hydrogen) atoms. The van der Waals surface area contributed by atoms with Gasteiger partial charge in [0.15, 0.2) is 16.7 Å². The lowest BCUT2D eigenvalue weighted by molar-refractivity contribution is -0.115. The largest absolute Gasteiger partial charge is 0.493 e. The first-order valence-electron chi connectivity index (χ1n) is 8.82. The van der Waals surface area contributed by atoms with Gasteiger partial charge in [-0.05, 0) is 95.2 Å². The maximum atomic E-state index is 12.4. The van der Waals surface area contributed by atoms with Crippen molar-refractivity contribution in [3.8, 4) is 23.8 Å². The number of benzene rings is 2. The second kappa shape index (κ2) is 9.90. The highest BCUT2D eigenvalue weighted by molar-refractivity contribution is 14.1. The van der Waals surface area contributed by atoms with Gasteiger partial charge in [0, 0.05) is 4.47 Å². The molecule has 1 amide bonds. The van der Waals surface area contributed by atoms with Gasteiger partial charge in [-0.3, -0.25) is 4.79 Å². The highest BCUT2D eigenvalue weighted by atomic mass is 127. The number of methoxy groups -OCH3 is 1. The van der Waals surface area contributed by atoms with E-state index in [4.69, 9.17) is 15.9 Å². The van der Waals surface area contributed by atoms with Gasteiger partial charge in [-0.15, -0.1) is 6.42 Å². The number of halogens is 2. The van der Waals surface area contributed by atoms with E-state index >= 15 is 0 Å². The molecule has 0 aliphatic carbocycles. The van der Waals surface area contributed by atoms with Crippen LogP contribution in [0.1, 0.15) is 16.7 Å². The Morgan fingerprint density at radius 1 is 1.30 bits per heavy atom. The Kier molecular flexibility index (Phi) is 7.50. The zero-order chi connectivity index (χ0) is 21.8. The van der Waals surface area contributed by atoms with Crippen molar-refractivity contribution in [2.45, 2.75) is 13.8 Å². The first-order valence-corrected chi connectivity index (χ1v) is 11.5. The highest BCUT2D eigenvalue weighted by Crippen LogP contribution is 2.36. The predicted octanol–water partition coefficient (Wildman–Crippen LogP) is 5.58. The molecule has 0 spiro atoms. The summed E-state index contributed by atoms with van der Waals surface area (Å²) in [6.07, 6.45) is 7.08. The van der Waals surface area contributed by atoms with Gasteiger partial charge in [-0.2, -0.15) is 0 Å². The Hall–Kier alpha value is -1.96. The summed E-state index contributed by atoms with van der Waals surface area (Å²) >= 11 is 7.01. The topological polar surface area (TPSA) is 59.9 Å². The van der Waals surface area contributed by atoms with E-state index in [1.807, 2.05) is 38.1 Å². The molecule has 2 aromatic carbocycles. The molecule has 5 nitrogen and oxygen atoms in total. The van der Waals surface area contributed by atoms with Gasteiger partial charge >= 0.3 is 0 Å². The average molecular weight is 597 g/mol. The maximum absolute atomic E-state index is 12.4. The number of carbonyl (C=O) groups excluding carboxylic acids is 1. The molecule has 154 valence electrons. The summed E-state index contributed by atoms with van der Waals surface area (Å²) < 4.78 is 12.9. The molecule has 1 saturated heterocycles. The minimum atomic E-state index is -0.189. The van der Waals surface area contributed by atoms with E-state index in [1.54, 1.807) is 13.2 Å². The number of aliphatic imine (C=N–C) groups is 1. The van der Waals surface area contributed by atoms with Crippen LogP contribution in [-0.2, 0) is 4.79 Å². The lowest BCUT2D eigenvalue weighted by atomic mass is 10.1. The molecule has 0 bridgehead atoms. The van der Waals surface area contributed by atoms with Gasteiger partial charge in [-0.25, -0.2) is 4.99 Å². The molecule has 0 radical (unpaired) electrons. The van der Waals surface area contributed by atoms with E-state index < -0.39 is 0 Å². The quantitative estimate of drug-likeness (QED) is 0.278. The number of carbonyl (C=O) groups is 1. The molecule has 0 unspecified atom stereocenters. The Morgan fingerprint density at radius 2 is 2.00 bits per heavy atom. The first kappa shape index (κ1) is 22.7. The molecule has 0 atom stereocenters. The van der Waals surface area contributed by atoms with Crippen molar-refractivity contribution in [2.75, 3.05) is 13.7 Å².